The molecule has 1 aromatic heterocycles. The molecule has 2 fully saturated rings. The highest BCUT2D eigenvalue weighted by molar-refractivity contribution is 6.30. The molecule has 1 N–H and O–H groups in total. The van der Waals surface area contributed by atoms with Crippen molar-refractivity contribution in [1.82, 2.24) is 20.0 Å². The third kappa shape index (κ3) is 2.75. The molecular weight excluding hydrogens is 312 g/mol. The highest BCUT2D eigenvalue weighted by Gasteiger charge is 2.38. The Bertz CT molecular complexity index is 715. The third-order valence-electron chi connectivity index (χ3n) is 4.79. The quantitative estimate of drug-likeness (QED) is 0.920. The lowest BCUT2D eigenvalue weighted by Crippen LogP contribution is -2.42. The lowest BCUT2D eigenvalue weighted by molar-refractivity contribution is 0.0680. The highest BCUT2D eigenvalue weighted by atomic mass is 35.5. The van der Waals surface area contributed by atoms with Crippen molar-refractivity contribution in [3.63, 3.8) is 0 Å². The number of hydrogen-bond donors (Lipinski definition) is 1. The van der Waals surface area contributed by atoms with E-state index in [1.807, 2.05) is 24.3 Å². The summed E-state index contributed by atoms with van der Waals surface area (Å²) in [5, 5.41) is 8.41. The Morgan fingerprint density at radius 3 is 3.00 bits per heavy atom. The minimum absolute atomic E-state index is 0.0921. The van der Waals surface area contributed by atoms with Gasteiger partial charge in [-0.3, -0.25) is 4.79 Å². The molecule has 2 saturated heterocycles. The number of carbonyl (C=O) groups is 1. The Morgan fingerprint density at radius 2 is 2.13 bits per heavy atom. The number of benzene rings is 1. The van der Waals surface area contributed by atoms with Crippen LogP contribution in [0, 0.1) is 0 Å². The number of hydrogen-bond acceptors (Lipinski definition) is 3. The number of amides is 1. The SMILES string of the molecule is O=C(c1cnn(-c2cccc(Cl)c2)c1)N1C2CCNCC1CC2. The molecule has 2 aliphatic heterocycles. The number of rotatable bonds is 2. The Hall–Kier alpha value is -1.85. The Labute approximate surface area is 140 Å². The van der Waals surface area contributed by atoms with Gasteiger partial charge in [-0.1, -0.05) is 17.7 Å². The van der Waals surface area contributed by atoms with Crippen molar-refractivity contribution >= 4 is 17.5 Å². The fourth-order valence-corrected chi connectivity index (χ4v) is 3.84. The van der Waals surface area contributed by atoms with Gasteiger partial charge in [0.15, 0.2) is 0 Å². The van der Waals surface area contributed by atoms with Crippen molar-refractivity contribution < 1.29 is 4.79 Å². The smallest absolute Gasteiger partial charge is 0.257 e. The van der Waals surface area contributed by atoms with Gasteiger partial charge in [0.2, 0.25) is 0 Å². The van der Waals surface area contributed by atoms with Crippen LogP contribution < -0.4 is 5.32 Å². The van der Waals surface area contributed by atoms with Crippen molar-refractivity contribution in [3.8, 4) is 5.69 Å². The standard InChI is InChI=1S/C17H19ClN4O/c18-13-2-1-3-15(8-13)21-11-12(9-20-21)17(23)22-14-4-5-16(22)10-19-7-6-14/h1-3,8-9,11,14,16,19H,4-7,10H2. The first-order chi connectivity index (χ1) is 11.2. The van der Waals surface area contributed by atoms with E-state index in [4.69, 9.17) is 11.6 Å². The van der Waals surface area contributed by atoms with E-state index in [9.17, 15) is 4.79 Å². The predicted octanol–water partition coefficient (Wildman–Crippen LogP) is 2.49. The van der Waals surface area contributed by atoms with E-state index < -0.39 is 0 Å². The van der Waals surface area contributed by atoms with E-state index in [1.54, 1.807) is 17.1 Å². The minimum Gasteiger partial charge on any atom is -0.331 e. The normalized spacial score (nSPS) is 23.8. The average Bonchev–Trinajstić information content (AvgIpc) is 3.11. The number of nitrogens with zero attached hydrogens (tertiary/aromatic N) is 3. The van der Waals surface area contributed by atoms with Gasteiger partial charge in [0.25, 0.3) is 5.91 Å². The van der Waals surface area contributed by atoms with Crippen LogP contribution in [0.3, 0.4) is 0 Å². The first-order valence-electron chi connectivity index (χ1n) is 8.06. The van der Waals surface area contributed by atoms with Gasteiger partial charge < -0.3 is 10.2 Å². The van der Waals surface area contributed by atoms with Crippen LogP contribution in [0.5, 0.6) is 0 Å². The van der Waals surface area contributed by atoms with E-state index in [0.717, 1.165) is 38.0 Å². The van der Waals surface area contributed by atoms with Gasteiger partial charge in [0.05, 0.1) is 17.4 Å². The molecule has 23 heavy (non-hydrogen) atoms. The zero-order chi connectivity index (χ0) is 15.8. The molecule has 3 heterocycles. The molecule has 0 spiro atoms. The van der Waals surface area contributed by atoms with Gasteiger partial charge in [-0.2, -0.15) is 5.10 Å². The van der Waals surface area contributed by atoms with Crippen LogP contribution >= 0.6 is 11.6 Å². The maximum atomic E-state index is 12.9. The molecule has 1 amide bonds. The first kappa shape index (κ1) is 14.7. The fourth-order valence-electron chi connectivity index (χ4n) is 3.66. The topological polar surface area (TPSA) is 50.2 Å². The second kappa shape index (κ2) is 5.98. The van der Waals surface area contributed by atoms with Gasteiger partial charge in [0.1, 0.15) is 0 Å². The van der Waals surface area contributed by atoms with E-state index in [2.05, 4.69) is 15.3 Å². The lowest BCUT2D eigenvalue weighted by atomic mass is 10.1. The molecule has 0 aliphatic carbocycles. The summed E-state index contributed by atoms with van der Waals surface area (Å²) in [4.78, 5) is 15.0. The Kier molecular flexibility index (Phi) is 3.83. The van der Waals surface area contributed by atoms with Crippen LogP contribution in [0.4, 0.5) is 0 Å². The zero-order valence-corrected chi connectivity index (χ0v) is 13.5. The molecule has 2 aromatic rings. The summed E-state index contributed by atoms with van der Waals surface area (Å²) in [6.07, 6.45) is 6.68. The molecule has 2 unspecified atom stereocenters. The largest absolute Gasteiger partial charge is 0.331 e. The van der Waals surface area contributed by atoms with Crippen LogP contribution in [-0.4, -0.2) is 45.8 Å². The third-order valence-corrected chi connectivity index (χ3v) is 5.03. The molecule has 2 bridgehead atoms. The summed E-state index contributed by atoms with van der Waals surface area (Å²) in [5.74, 6) is 0.0921. The monoisotopic (exact) mass is 330 g/mol. The fraction of sp³-hybridized carbons (Fsp3) is 0.412. The molecule has 2 atom stereocenters. The minimum atomic E-state index is 0.0921. The van der Waals surface area contributed by atoms with Crippen LogP contribution in [0.1, 0.15) is 29.6 Å². The molecule has 5 nitrogen and oxygen atoms in total. The molecule has 1 aromatic carbocycles. The van der Waals surface area contributed by atoms with Gasteiger partial charge in [-0.15, -0.1) is 0 Å². The van der Waals surface area contributed by atoms with Crippen molar-refractivity contribution in [1.29, 1.82) is 0 Å². The molecule has 4 rings (SSSR count). The van der Waals surface area contributed by atoms with Crippen molar-refractivity contribution in [2.45, 2.75) is 31.3 Å². The zero-order valence-electron chi connectivity index (χ0n) is 12.8. The van der Waals surface area contributed by atoms with Crippen molar-refractivity contribution in [2.75, 3.05) is 13.1 Å². The Morgan fingerprint density at radius 1 is 1.26 bits per heavy atom. The number of halogens is 1. The van der Waals surface area contributed by atoms with Crippen molar-refractivity contribution in [3.05, 3.63) is 47.2 Å². The van der Waals surface area contributed by atoms with E-state index >= 15 is 0 Å². The van der Waals surface area contributed by atoms with Crippen LogP contribution in [0.2, 0.25) is 5.02 Å². The lowest BCUT2D eigenvalue weighted by Gasteiger charge is -2.27. The predicted molar refractivity (Wildman–Crippen MR) is 89.0 cm³/mol. The summed E-state index contributed by atoms with van der Waals surface area (Å²) in [5.41, 5.74) is 1.50. The molecule has 0 radical (unpaired) electrons. The Balaban J connectivity index is 1.60. The summed E-state index contributed by atoms with van der Waals surface area (Å²) >= 11 is 6.03. The molecule has 6 heteroatoms. The van der Waals surface area contributed by atoms with Crippen molar-refractivity contribution in [2.24, 2.45) is 0 Å². The average molecular weight is 331 g/mol. The maximum Gasteiger partial charge on any atom is 0.257 e. The number of fused-ring (bicyclic) bond motifs is 2. The summed E-state index contributed by atoms with van der Waals surface area (Å²) in [6, 6.07) is 8.13. The summed E-state index contributed by atoms with van der Waals surface area (Å²) < 4.78 is 1.71. The van der Waals surface area contributed by atoms with E-state index in [0.29, 0.717) is 22.7 Å². The molecular formula is C17H19ClN4O. The second-order valence-electron chi connectivity index (χ2n) is 6.24. The summed E-state index contributed by atoms with van der Waals surface area (Å²) in [6.45, 7) is 1.89. The van der Waals surface area contributed by atoms with Gasteiger partial charge >= 0.3 is 0 Å². The van der Waals surface area contributed by atoms with Gasteiger partial charge in [0, 0.05) is 29.8 Å². The van der Waals surface area contributed by atoms with Crippen LogP contribution in [-0.2, 0) is 0 Å². The number of nitrogens with one attached hydrogen (secondary N) is 1. The van der Waals surface area contributed by atoms with E-state index in [1.165, 1.54) is 0 Å². The molecule has 2 aliphatic rings. The summed E-state index contributed by atoms with van der Waals surface area (Å²) in [7, 11) is 0. The van der Waals surface area contributed by atoms with Gasteiger partial charge in [-0.25, -0.2) is 4.68 Å². The number of carbonyl (C=O) groups excluding carboxylic acids is 1. The maximum absolute atomic E-state index is 12.9. The first-order valence-corrected chi connectivity index (χ1v) is 8.44. The van der Waals surface area contributed by atoms with Gasteiger partial charge in [-0.05, 0) is 44.0 Å². The second-order valence-corrected chi connectivity index (χ2v) is 6.68. The highest BCUT2D eigenvalue weighted by Crippen LogP contribution is 2.29. The van der Waals surface area contributed by atoms with E-state index in [-0.39, 0.29) is 5.91 Å². The molecule has 0 saturated carbocycles. The molecule has 120 valence electrons. The number of aromatic nitrogens is 2. The van der Waals surface area contributed by atoms with Crippen LogP contribution in [0.25, 0.3) is 5.69 Å². The van der Waals surface area contributed by atoms with Crippen LogP contribution in [0.15, 0.2) is 36.7 Å².